The second-order valence-corrected chi connectivity index (χ2v) is 11.9. The van der Waals surface area contributed by atoms with Crippen molar-refractivity contribution >= 4 is 22.5 Å². The highest BCUT2D eigenvalue weighted by molar-refractivity contribution is 6.01. The molecule has 9 heteroatoms. The maximum absolute atomic E-state index is 15.9. The smallest absolute Gasteiger partial charge is 0.256 e. The SMILES string of the molecule is CC(C)N1CCN(c2c(F)cc3c(=O)c(C(=O)NCC(C)(C)CN(C)C)cn4c3c2Oc2ccccc2-4)CC1. The van der Waals surface area contributed by atoms with Crippen LogP contribution in [0.15, 0.2) is 41.3 Å². The number of fused-ring (bicyclic) bond motifs is 2. The zero-order valence-corrected chi connectivity index (χ0v) is 23.7. The lowest BCUT2D eigenvalue weighted by atomic mass is 9.93. The second kappa shape index (κ2) is 10.3. The fourth-order valence-corrected chi connectivity index (χ4v) is 5.80. The predicted molar refractivity (Wildman–Crippen MR) is 153 cm³/mol. The molecular formula is C30H38FN5O3. The van der Waals surface area contributed by atoms with E-state index in [1.165, 1.54) is 6.07 Å². The van der Waals surface area contributed by atoms with Gasteiger partial charge in [0.1, 0.15) is 16.8 Å². The number of ether oxygens (including phenoxy) is 1. The summed E-state index contributed by atoms with van der Waals surface area (Å²) in [6.45, 7) is 12.5. The van der Waals surface area contributed by atoms with Crippen molar-refractivity contribution < 1.29 is 13.9 Å². The summed E-state index contributed by atoms with van der Waals surface area (Å²) in [5.74, 6) is -0.139. The maximum atomic E-state index is 15.9. The minimum absolute atomic E-state index is 0.0245. The van der Waals surface area contributed by atoms with Gasteiger partial charge in [0.05, 0.1) is 11.1 Å². The first-order valence-corrected chi connectivity index (χ1v) is 13.6. The Kier molecular flexibility index (Phi) is 7.15. The van der Waals surface area contributed by atoms with Gasteiger partial charge in [0.25, 0.3) is 5.91 Å². The van der Waals surface area contributed by atoms with E-state index in [0.29, 0.717) is 54.1 Å². The highest BCUT2D eigenvalue weighted by Gasteiger charge is 2.32. The molecule has 1 fully saturated rings. The summed E-state index contributed by atoms with van der Waals surface area (Å²) in [4.78, 5) is 33.4. The van der Waals surface area contributed by atoms with Gasteiger partial charge in [0.15, 0.2) is 17.3 Å². The summed E-state index contributed by atoms with van der Waals surface area (Å²) >= 11 is 0. The van der Waals surface area contributed by atoms with E-state index in [1.807, 2.05) is 43.3 Å². The second-order valence-electron chi connectivity index (χ2n) is 11.9. The maximum Gasteiger partial charge on any atom is 0.256 e. The Labute approximate surface area is 228 Å². The van der Waals surface area contributed by atoms with Crippen LogP contribution in [0.5, 0.6) is 11.5 Å². The number of pyridine rings is 1. The minimum atomic E-state index is -0.525. The van der Waals surface area contributed by atoms with Gasteiger partial charge in [0, 0.05) is 51.5 Å². The standard InChI is InChI=1S/C30H38FN5O3/c1-19(2)34-11-13-35(14-12-34)26-22(31)15-20-25-28(26)39-24-10-8-7-9-23(24)36(25)16-21(27(20)37)29(38)32-17-30(3,4)18-33(5)6/h7-10,15-16,19H,11-14,17-18H2,1-6H3,(H,32,38). The molecule has 0 radical (unpaired) electrons. The molecule has 2 aliphatic rings. The number of benzene rings is 2. The van der Waals surface area contributed by atoms with Gasteiger partial charge in [-0.15, -0.1) is 0 Å². The van der Waals surface area contributed by atoms with E-state index in [4.69, 9.17) is 4.74 Å². The Morgan fingerprint density at radius 1 is 1.15 bits per heavy atom. The van der Waals surface area contributed by atoms with Crippen LogP contribution in [-0.2, 0) is 0 Å². The van der Waals surface area contributed by atoms with Crippen molar-refractivity contribution in [2.24, 2.45) is 5.41 Å². The van der Waals surface area contributed by atoms with E-state index in [9.17, 15) is 9.59 Å². The number of carbonyl (C=O) groups is 1. The third-order valence-electron chi connectivity index (χ3n) is 7.58. The number of nitrogens with zero attached hydrogens (tertiary/aromatic N) is 4. The molecule has 1 saturated heterocycles. The molecular weight excluding hydrogens is 497 g/mol. The van der Waals surface area contributed by atoms with Crippen molar-refractivity contribution in [3.8, 4) is 17.2 Å². The van der Waals surface area contributed by atoms with Crippen LogP contribution in [-0.4, -0.2) is 79.7 Å². The number of anilines is 1. The van der Waals surface area contributed by atoms with Gasteiger partial charge in [-0.2, -0.15) is 0 Å². The van der Waals surface area contributed by atoms with E-state index in [-0.39, 0.29) is 16.4 Å². The van der Waals surface area contributed by atoms with Crippen LogP contribution < -0.4 is 20.4 Å². The van der Waals surface area contributed by atoms with Crippen LogP contribution >= 0.6 is 0 Å². The topological polar surface area (TPSA) is 70.1 Å². The van der Waals surface area contributed by atoms with Gasteiger partial charge in [-0.3, -0.25) is 14.5 Å². The number of rotatable bonds is 7. The summed E-state index contributed by atoms with van der Waals surface area (Å²) in [7, 11) is 3.96. The van der Waals surface area contributed by atoms with Gasteiger partial charge >= 0.3 is 0 Å². The van der Waals surface area contributed by atoms with E-state index in [2.05, 4.69) is 42.8 Å². The Balaban J connectivity index is 1.61. The molecule has 0 bridgehead atoms. The molecule has 0 saturated carbocycles. The lowest BCUT2D eigenvalue weighted by molar-refractivity contribution is 0.0927. The van der Waals surface area contributed by atoms with Crippen LogP contribution in [0.25, 0.3) is 16.6 Å². The zero-order valence-electron chi connectivity index (χ0n) is 23.7. The van der Waals surface area contributed by atoms with Crippen molar-refractivity contribution in [3.05, 3.63) is 58.1 Å². The summed E-state index contributed by atoms with van der Waals surface area (Å²) in [5, 5.41) is 3.06. The van der Waals surface area contributed by atoms with Crippen LogP contribution in [0, 0.1) is 11.2 Å². The summed E-state index contributed by atoms with van der Waals surface area (Å²) < 4.78 is 24.0. The van der Waals surface area contributed by atoms with E-state index < -0.39 is 17.2 Å². The average Bonchev–Trinajstić information content (AvgIpc) is 2.88. The first-order valence-electron chi connectivity index (χ1n) is 13.6. The van der Waals surface area contributed by atoms with Gasteiger partial charge in [-0.1, -0.05) is 26.0 Å². The van der Waals surface area contributed by atoms with Crippen molar-refractivity contribution in [2.75, 3.05) is 58.3 Å². The minimum Gasteiger partial charge on any atom is -0.451 e. The van der Waals surface area contributed by atoms with Crippen molar-refractivity contribution in [1.82, 2.24) is 19.7 Å². The van der Waals surface area contributed by atoms with Gasteiger partial charge in [0.2, 0.25) is 5.43 Å². The fraction of sp³-hybridized carbons (Fsp3) is 0.467. The molecule has 2 aliphatic heterocycles. The van der Waals surface area contributed by atoms with Crippen LogP contribution in [0.3, 0.4) is 0 Å². The number of para-hydroxylation sites is 2. The summed E-state index contributed by atoms with van der Waals surface area (Å²) in [5.41, 5.74) is 0.794. The lowest BCUT2D eigenvalue weighted by Crippen LogP contribution is -2.49. The number of halogens is 1. The fourth-order valence-electron chi connectivity index (χ4n) is 5.80. The molecule has 39 heavy (non-hydrogen) atoms. The number of amides is 1. The number of piperazine rings is 1. The molecule has 2 aromatic carbocycles. The van der Waals surface area contributed by atoms with Gasteiger partial charge < -0.3 is 24.4 Å². The number of hydrogen-bond donors (Lipinski definition) is 1. The third-order valence-corrected chi connectivity index (χ3v) is 7.58. The van der Waals surface area contributed by atoms with Crippen molar-refractivity contribution in [2.45, 2.75) is 33.7 Å². The lowest BCUT2D eigenvalue weighted by Gasteiger charge is -2.39. The normalized spacial score (nSPS) is 15.6. The zero-order chi connectivity index (χ0) is 28.1. The Bertz CT molecular complexity index is 1470. The monoisotopic (exact) mass is 535 g/mol. The molecule has 0 aliphatic carbocycles. The number of nitrogens with one attached hydrogen (secondary N) is 1. The molecule has 0 atom stereocenters. The predicted octanol–water partition coefficient (Wildman–Crippen LogP) is 4.08. The molecule has 0 spiro atoms. The molecule has 1 amide bonds. The number of hydrogen-bond acceptors (Lipinski definition) is 6. The quantitative estimate of drug-likeness (QED) is 0.385. The summed E-state index contributed by atoms with van der Waals surface area (Å²) in [6, 6.07) is 9.09. The van der Waals surface area contributed by atoms with E-state index in [1.54, 1.807) is 10.8 Å². The van der Waals surface area contributed by atoms with Crippen LogP contribution in [0.2, 0.25) is 0 Å². The number of carbonyl (C=O) groups excluding carboxylic acids is 1. The highest BCUT2D eigenvalue weighted by Crippen LogP contribution is 2.46. The Morgan fingerprint density at radius 3 is 2.51 bits per heavy atom. The molecule has 1 aromatic heterocycles. The molecule has 208 valence electrons. The van der Waals surface area contributed by atoms with E-state index >= 15 is 4.39 Å². The Hall–Kier alpha value is -3.43. The van der Waals surface area contributed by atoms with E-state index in [0.717, 1.165) is 19.6 Å². The Morgan fingerprint density at radius 2 is 1.85 bits per heavy atom. The van der Waals surface area contributed by atoms with Crippen LogP contribution in [0.1, 0.15) is 38.1 Å². The third kappa shape index (κ3) is 5.13. The molecule has 3 heterocycles. The highest BCUT2D eigenvalue weighted by atomic mass is 19.1. The van der Waals surface area contributed by atoms with Crippen molar-refractivity contribution in [3.63, 3.8) is 0 Å². The molecule has 5 rings (SSSR count). The van der Waals surface area contributed by atoms with Crippen LogP contribution in [0.4, 0.5) is 10.1 Å². The molecule has 1 N–H and O–H groups in total. The first kappa shape index (κ1) is 27.1. The average molecular weight is 536 g/mol. The van der Waals surface area contributed by atoms with Gasteiger partial charge in [-0.05, 0) is 51.6 Å². The molecule has 8 nitrogen and oxygen atoms in total. The summed E-state index contributed by atoms with van der Waals surface area (Å²) in [6.07, 6.45) is 1.57. The van der Waals surface area contributed by atoms with Gasteiger partial charge in [-0.25, -0.2) is 4.39 Å². The van der Waals surface area contributed by atoms with Crippen molar-refractivity contribution in [1.29, 1.82) is 0 Å². The first-order chi connectivity index (χ1) is 18.5. The number of aromatic nitrogens is 1. The molecule has 0 unspecified atom stereocenters. The molecule has 3 aromatic rings. The largest absolute Gasteiger partial charge is 0.451 e.